The quantitative estimate of drug-likeness (QED) is 0.766. The number of nitrogens with one attached hydrogen (secondary N) is 1. The Labute approximate surface area is 119 Å². The van der Waals surface area contributed by atoms with E-state index >= 15 is 0 Å². The Hall–Kier alpha value is -2.29. The van der Waals surface area contributed by atoms with E-state index in [1.165, 1.54) is 0 Å². The molecule has 0 saturated heterocycles. The Bertz CT molecular complexity index is 535. The molecule has 0 aliphatic rings. The lowest BCUT2D eigenvalue weighted by Gasteiger charge is -2.08. The molecule has 104 valence electrons. The molecule has 2 aromatic carbocycles. The fraction of sp³-hybridized carbons (Fsp3) is 0.235. The van der Waals surface area contributed by atoms with Crippen molar-refractivity contribution < 1.29 is 9.53 Å². The van der Waals surface area contributed by atoms with Crippen LogP contribution in [-0.4, -0.2) is 12.4 Å². The molecule has 0 radical (unpaired) electrons. The Morgan fingerprint density at radius 3 is 2.30 bits per heavy atom. The highest BCUT2D eigenvalue weighted by atomic mass is 16.5. The standard InChI is InChI=1S/C17H19NO2/c1-14(19)6-5-13-20-17-11-9-16(10-12-17)18-15-7-3-2-4-8-15/h2-4,7-12,18H,5-6,13H2,1H3. The highest BCUT2D eigenvalue weighted by molar-refractivity contribution is 5.75. The van der Waals surface area contributed by atoms with Gasteiger partial charge in [0, 0.05) is 17.8 Å². The minimum atomic E-state index is 0.205. The molecule has 0 aliphatic heterocycles. The van der Waals surface area contributed by atoms with E-state index < -0.39 is 0 Å². The van der Waals surface area contributed by atoms with Gasteiger partial charge < -0.3 is 14.8 Å². The number of benzene rings is 2. The van der Waals surface area contributed by atoms with Crippen LogP contribution in [0.3, 0.4) is 0 Å². The summed E-state index contributed by atoms with van der Waals surface area (Å²) in [6, 6.07) is 17.8. The Kier molecular flexibility index (Phi) is 5.18. The molecule has 0 unspecified atom stereocenters. The maximum atomic E-state index is 10.8. The molecule has 0 saturated carbocycles. The molecule has 0 fully saturated rings. The van der Waals surface area contributed by atoms with Crippen molar-refractivity contribution in [3.8, 4) is 5.75 Å². The number of ketones is 1. The van der Waals surface area contributed by atoms with Gasteiger partial charge in [0.2, 0.25) is 0 Å². The molecule has 3 heteroatoms. The number of ether oxygens (including phenoxy) is 1. The first kappa shape index (κ1) is 14.1. The van der Waals surface area contributed by atoms with Gasteiger partial charge in [-0.3, -0.25) is 0 Å². The van der Waals surface area contributed by atoms with E-state index in [2.05, 4.69) is 5.32 Å². The normalized spacial score (nSPS) is 10.1. The van der Waals surface area contributed by atoms with Crippen LogP contribution in [-0.2, 0) is 4.79 Å². The summed E-state index contributed by atoms with van der Waals surface area (Å²) >= 11 is 0. The van der Waals surface area contributed by atoms with E-state index in [-0.39, 0.29) is 5.78 Å². The number of hydrogen-bond acceptors (Lipinski definition) is 3. The van der Waals surface area contributed by atoms with Gasteiger partial charge in [-0.2, -0.15) is 0 Å². The average molecular weight is 269 g/mol. The maximum Gasteiger partial charge on any atom is 0.129 e. The first-order valence-electron chi connectivity index (χ1n) is 6.78. The number of rotatable bonds is 7. The number of anilines is 2. The number of carbonyl (C=O) groups excluding carboxylic acids is 1. The van der Waals surface area contributed by atoms with E-state index in [1.807, 2.05) is 54.6 Å². The molecule has 0 spiro atoms. The monoisotopic (exact) mass is 269 g/mol. The topological polar surface area (TPSA) is 38.3 Å². The van der Waals surface area contributed by atoms with Crippen LogP contribution in [0.2, 0.25) is 0 Å². The van der Waals surface area contributed by atoms with Gasteiger partial charge in [-0.15, -0.1) is 0 Å². The van der Waals surface area contributed by atoms with Crippen LogP contribution in [0.25, 0.3) is 0 Å². The summed E-state index contributed by atoms with van der Waals surface area (Å²) in [7, 11) is 0. The summed E-state index contributed by atoms with van der Waals surface area (Å²) in [5.74, 6) is 1.03. The van der Waals surface area contributed by atoms with Gasteiger partial charge in [-0.05, 0) is 49.7 Å². The predicted molar refractivity (Wildman–Crippen MR) is 81.6 cm³/mol. The zero-order valence-electron chi connectivity index (χ0n) is 11.6. The molecule has 0 atom stereocenters. The van der Waals surface area contributed by atoms with E-state index in [0.717, 1.165) is 23.5 Å². The van der Waals surface area contributed by atoms with Crippen molar-refractivity contribution in [1.29, 1.82) is 0 Å². The van der Waals surface area contributed by atoms with Gasteiger partial charge in [0.25, 0.3) is 0 Å². The predicted octanol–water partition coefficient (Wildman–Crippen LogP) is 4.18. The summed E-state index contributed by atoms with van der Waals surface area (Å²) < 4.78 is 5.58. The number of para-hydroxylation sites is 1. The van der Waals surface area contributed by atoms with Crippen molar-refractivity contribution in [3.05, 3.63) is 54.6 Å². The lowest BCUT2D eigenvalue weighted by Crippen LogP contribution is -2.00. The fourth-order valence-corrected chi connectivity index (χ4v) is 1.83. The lowest BCUT2D eigenvalue weighted by molar-refractivity contribution is -0.117. The van der Waals surface area contributed by atoms with Crippen LogP contribution < -0.4 is 10.1 Å². The lowest BCUT2D eigenvalue weighted by atomic mass is 10.2. The van der Waals surface area contributed by atoms with E-state index in [9.17, 15) is 4.79 Å². The molecule has 0 aromatic heterocycles. The first-order valence-corrected chi connectivity index (χ1v) is 6.78. The van der Waals surface area contributed by atoms with Gasteiger partial charge in [0.15, 0.2) is 0 Å². The van der Waals surface area contributed by atoms with Crippen molar-refractivity contribution in [2.24, 2.45) is 0 Å². The molecule has 0 bridgehead atoms. The van der Waals surface area contributed by atoms with Crippen LogP contribution in [0.4, 0.5) is 11.4 Å². The molecule has 1 N–H and O–H groups in total. The first-order chi connectivity index (χ1) is 9.74. The van der Waals surface area contributed by atoms with Gasteiger partial charge in [-0.1, -0.05) is 18.2 Å². The number of hydrogen-bond donors (Lipinski definition) is 1. The molecule has 2 aromatic rings. The largest absolute Gasteiger partial charge is 0.494 e. The molecule has 0 amide bonds. The van der Waals surface area contributed by atoms with Crippen LogP contribution in [0.5, 0.6) is 5.75 Å². The molecule has 0 aliphatic carbocycles. The third-order valence-corrected chi connectivity index (χ3v) is 2.86. The van der Waals surface area contributed by atoms with Crippen LogP contribution in [0.15, 0.2) is 54.6 Å². The smallest absolute Gasteiger partial charge is 0.129 e. The van der Waals surface area contributed by atoms with Crippen molar-refractivity contribution in [3.63, 3.8) is 0 Å². The molecule has 2 rings (SSSR count). The Balaban J connectivity index is 1.82. The van der Waals surface area contributed by atoms with Crippen LogP contribution >= 0.6 is 0 Å². The van der Waals surface area contributed by atoms with Crippen LogP contribution in [0, 0.1) is 0 Å². The zero-order chi connectivity index (χ0) is 14.2. The second kappa shape index (κ2) is 7.34. The molecule has 20 heavy (non-hydrogen) atoms. The molecule has 0 heterocycles. The van der Waals surface area contributed by atoms with Crippen molar-refractivity contribution in [2.45, 2.75) is 19.8 Å². The van der Waals surface area contributed by atoms with Crippen molar-refractivity contribution in [2.75, 3.05) is 11.9 Å². The number of Topliss-reactive ketones (excluding diaryl/α,β-unsaturated/α-hetero) is 1. The second-order valence-electron chi connectivity index (χ2n) is 4.67. The summed E-state index contributed by atoms with van der Waals surface area (Å²) in [6.07, 6.45) is 1.34. The highest BCUT2D eigenvalue weighted by Gasteiger charge is 1.98. The SMILES string of the molecule is CC(=O)CCCOc1ccc(Nc2ccccc2)cc1. The molecular formula is C17H19NO2. The van der Waals surface area contributed by atoms with E-state index in [1.54, 1.807) is 6.92 Å². The van der Waals surface area contributed by atoms with Gasteiger partial charge >= 0.3 is 0 Å². The van der Waals surface area contributed by atoms with Crippen molar-refractivity contribution >= 4 is 17.2 Å². The third kappa shape index (κ3) is 4.76. The molecule has 3 nitrogen and oxygen atoms in total. The summed E-state index contributed by atoms with van der Waals surface area (Å²) in [5, 5.41) is 3.31. The van der Waals surface area contributed by atoms with E-state index in [0.29, 0.717) is 13.0 Å². The fourth-order valence-electron chi connectivity index (χ4n) is 1.83. The van der Waals surface area contributed by atoms with Gasteiger partial charge in [-0.25, -0.2) is 0 Å². The minimum absolute atomic E-state index is 0.205. The maximum absolute atomic E-state index is 10.8. The number of carbonyl (C=O) groups is 1. The van der Waals surface area contributed by atoms with Gasteiger partial charge in [0.1, 0.15) is 11.5 Å². The van der Waals surface area contributed by atoms with Crippen LogP contribution in [0.1, 0.15) is 19.8 Å². The summed E-state index contributed by atoms with van der Waals surface area (Å²) in [4.78, 5) is 10.8. The highest BCUT2D eigenvalue weighted by Crippen LogP contribution is 2.19. The Morgan fingerprint density at radius 1 is 1.00 bits per heavy atom. The zero-order valence-corrected chi connectivity index (χ0v) is 11.6. The summed E-state index contributed by atoms with van der Waals surface area (Å²) in [5.41, 5.74) is 2.08. The molecular weight excluding hydrogens is 250 g/mol. The Morgan fingerprint density at radius 2 is 1.65 bits per heavy atom. The van der Waals surface area contributed by atoms with E-state index in [4.69, 9.17) is 4.74 Å². The minimum Gasteiger partial charge on any atom is -0.494 e. The van der Waals surface area contributed by atoms with Crippen molar-refractivity contribution in [1.82, 2.24) is 0 Å². The average Bonchev–Trinajstić information content (AvgIpc) is 2.46. The summed E-state index contributed by atoms with van der Waals surface area (Å²) in [6.45, 7) is 2.18. The van der Waals surface area contributed by atoms with Gasteiger partial charge in [0.05, 0.1) is 6.61 Å². The third-order valence-electron chi connectivity index (χ3n) is 2.86. The second-order valence-corrected chi connectivity index (χ2v) is 4.67.